The first-order valence-electron chi connectivity index (χ1n) is 6.44. The molecule has 0 bridgehead atoms. The molecule has 2 N–H and O–H groups in total. The van der Waals surface area contributed by atoms with Crippen molar-refractivity contribution in [3.05, 3.63) is 24.3 Å². The van der Waals surface area contributed by atoms with Gasteiger partial charge in [-0.2, -0.15) is 0 Å². The van der Waals surface area contributed by atoms with E-state index in [9.17, 15) is 10.2 Å². The molecule has 0 aromatic rings. The van der Waals surface area contributed by atoms with Crippen LogP contribution in [0.3, 0.4) is 0 Å². The van der Waals surface area contributed by atoms with Gasteiger partial charge in [0.25, 0.3) is 0 Å². The molecule has 2 rings (SSSR count). The maximum absolute atomic E-state index is 10.1. The molecular formula is C14H22O2. The van der Waals surface area contributed by atoms with E-state index in [4.69, 9.17) is 0 Å². The molecule has 0 aromatic heterocycles. The third kappa shape index (κ3) is 2.96. The third-order valence-electron chi connectivity index (χ3n) is 3.86. The standard InChI is InChI=1S/C14H22O2/c15-13(7-1-2-8-13)11-5-6-12-14(16)9-3-4-10-14/h5-6,11-12,15-16H,1-4,7-10H2/b11-5+,12-6+. The zero-order valence-corrected chi connectivity index (χ0v) is 9.86. The molecule has 0 saturated heterocycles. The van der Waals surface area contributed by atoms with Crippen molar-refractivity contribution in [2.45, 2.75) is 62.6 Å². The molecule has 0 heterocycles. The highest BCUT2D eigenvalue weighted by atomic mass is 16.3. The largest absolute Gasteiger partial charge is 0.386 e. The van der Waals surface area contributed by atoms with Crippen LogP contribution in [0.5, 0.6) is 0 Å². The molecule has 0 unspecified atom stereocenters. The molecule has 0 spiro atoms. The van der Waals surface area contributed by atoms with Crippen molar-refractivity contribution in [3.63, 3.8) is 0 Å². The number of hydrogen-bond donors (Lipinski definition) is 2. The predicted octanol–water partition coefficient (Wildman–Crippen LogP) is 2.71. The monoisotopic (exact) mass is 222 g/mol. The van der Waals surface area contributed by atoms with Crippen LogP contribution >= 0.6 is 0 Å². The smallest absolute Gasteiger partial charge is 0.0830 e. The average molecular weight is 222 g/mol. The first-order chi connectivity index (χ1) is 7.62. The van der Waals surface area contributed by atoms with E-state index in [1.807, 2.05) is 24.3 Å². The highest BCUT2D eigenvalue weighted by Gasteiger charge is 2.28. The Balaban J connectivity index is 1.86. The molecule has 0 atom stereocenters. The van der Waals surface area contributed by atoms with Crippen molar-refractivity contribution in [1.82, 2.24) is 0 Å². The minimum atomic E-state index is -0.581. The minimum Gasteiger partial charge on any atom is -0.386 e. The number of allylic oxidation sites excluding steroid dienone is 2. The molecule has 0 radical (unpaired) electrons. The summed E-state index contributed by atoms with van der Waals surface area (Å²) in [7, 11) is 0. The number of aliphatic hydroxyl groups is 2. The van der Waals surface area contributed by atoms with Crippen LogP contribution in [-0.4, -0.2) is 21.4 Å². The predicted molar refractivity (Wildman–Crippen MR) is 65.1 cm³/mol. The van der Waals surface area contributed by atoms with E-state index >= 15 is 0 Å². The summed E-state index contributed by atoms with van der Waals surface area (Å²) in [6, 6.07) is 0. The van der Waals surface area contributed by atoms with Crippen molar-refractivity contribution in [2.24, 2.45) is 0 Å². The van der Waals surface area contributed by atoms with E-state index in [1.165, 1.54) is 0 Å². The lowest BCUT2D eigenvalue weighted by Crippen LogP contribution is -2.20. The second-order valence-electron chi connectivity index (χ2n) is 5.34. The molecule has 16 heavy (non-hydrogen) atoms. The van der Waals surface area contributed by atoms with Gasteiger partial charge in [0.15, 0.2) is 0 Å². The van der Waals surface area contributed by atoms with Crippen LogP contribution in [0, 0.1) is 0 Å². The number of rotatable bonds is 3. The molecule has 0 aromatic carbocycles. The Morgan fingerprint density at radius 1 is 0.625 bits per heavy atom. The molecular weight excluding hydrogens is 200 g/mol. The highest BCUT2D eigenvalue weighted by Crippen LogP contribution is 2.32. The summed E-state index contributed by atoms with van der Waals surface area (Å²) in [5, 5.41) is 20.1. The molecule has 2 nitrogen and oxygen atoms in total. The van der Waals surface area contributed by atoms with Gasteiger partial charge < -0.3 is 10.2 Å². The second kappa shape index (κ2) is 4.72. The first kappa shape index (κ1) is 11.9. The maximum atomic E-state index is 10.1. The molecule has 0 amide bonds. The zero-order valence-electron chi connectivity index (χ0n) is 9.86. The van der Waals surface area contributed by atoms with E-state index in [0.29, 0.717) is 0 Å². The lowest BCUT2D eigenvalue weighted by Gasteiger charge is -2.17. The molecule has 0 aliphatic heterocycles. The van der Waals surface area contributed by atoms with Gasteiger partial charge >= 0.3 is 0 Å². The van der Waals surface area contributed by atoms with E-state index in [-0.39, 0.29) is 0 Å². The Bertz CT molecular complexity index is 249. The van der Waals surface area contributed by atoms with Crippen LogP contribution in [0.1, 0.15) is 51.4 Å². The van der Waals surface area contributed by atoms with Gasteiger partial charge in [-0.3, -0.25) is 0 Å². The summed E-state index contributed by atoms with van der Waals surface area (Å²) >= 11 is 0. The van der Waals surface area contributed by atoms with Crippen molar-refractivity contribution in [2.75, 3.05) is 0 Å². The van der Waals surface area contributed by atoms with Crippen LogP contribution in [-0.2, 0) is 0 Å². The first-order valence-corrected chi connectivity index (χ1v) is 6.44. The highest BCUT2D eigenvalue weighted by molar-refractivity contribution is 5.15. The van der Waals surface area contributed by atoms with Crippen LogP contribution in [0.4, 0.5) is 0 Å². The summed E-state index contributed by atoms with van der Waals surface area (Å²) < 4.78 is 0. The van der Waals surface area contributed by atoms with Gasteiger partial charge in [-0.25, -0.2) is 0 Å². The van der Waals surface area contributed by atoms with Gasteiger partial charge in [-0.1, -0.05) is 50.0 Å². The molecule has 2 aliphatic rings. The average Bonchev–Trinajstić information content (AvgIpc) is 2.84. The quantitative estimate of drug-likeness (QED) is 0.721. The van der Waals surface area contributed by atoms with Crippen LogP contribution < -0.4 is 0 Å². The lowest BCUT2D eigenvalue weighted by atomic mass is 10.00. The third-order valence-corrected chi connectivity index (χ3v) is 3.86. The van der Waals surface area contributed by atoms with Crippen molar-refractivity contribution in [1.29, 1.82) is 0 Å². The fourth-order valence-corrected chi connectivity index (χ4v) is 2.78. The van der Waals surface area contributed by atoms with E-state index in [0.717, 1.165) is 51.4 Å². The van der Waals surface area contributed by atoms with E-state index < -0.39 is 11.2 Å². The van der Waals surface area contributed by atoms with Crippen LogP contribution in [0.2, 0.25) is 0 Å². The topological polar surface area (TPSA) is 40.5 Å². The molecule has 2 fully saturated rings. The fourth-order valence-electron chi connectivity index (χ4n) is 2.78. The Kier molecular flexibility index (Phi) is 3.50. The van der Waals surface area contributed by atoms with E-state index in [2.05, 4.69) is 0 Å². The number of hydrogen-bond acceptors (Lipinski definition) is 2. The Morgan fingerprint density at radius 2 is 0.938 bits per heavy atom. The van der Waals surface area contributed by atoms with Crippen molar-refractivity contribution in [3.8, 4) is 0 Å². The van der Waals surface area contributed by atoms with Gasteiger partial charge in [0, 0.05) is 0 Å². The van der Waals surface area contributed by atoms with Gasteiger partial charge in [0.1, 0.15) is 0 Å². The molecule has 2 aliphatic carbocycles. The Hall–Kier alpha value is -0.600. The summed E-state index contributed by atoms with van der Waals surface area (Å²) in [6.07, 6.45) is 15.5. The molecule has 2 saturated carbocycles. The summed E-state index contributed by atoms with van der Waals surface area (Å²) in [5.74, 6) is 0. The summed E-state index contributed by atoms with van der Waals surface area (Å²) in [5.41, 5.74) is -1.16. The molecule has 2 heteroatoms. The van der Waals surface area contributed by atoms with Gasteiger partial charge in [0.2, 0.25) is 0 Å². The summed E-state index contributed by atoms with van der Waals surface area (Å²) in [4.78, 5) is 0. The van der Waals surface area contributed by atoms with Crippen LogP contribution in [0.15, 0.2) is 24.3 Å². The Labute approximate surface area is 97.7 Å². The fraction of sp³-hybridized carbons (Fsp3) is 0.714. The zero-order chi connectivity index (χ0) is 11.5. The normalized spacial score (nSPS) is 28.4. The maximum Gasteiger partial charge on any atom is 0.0830 e. The lowest BCUT2D eigenvalue weighted by molar-refractivity contribution is 0.0975. The summed E-state index contributed by atoms with van der Waals surface area (Å²) in [6.45, 7) is 0. The van der Waals surface area contributed by atoms with Gasteiger partial charge in [-0.15, -0.1) is 0 Å². The van der Waals surface area contributed by atoms with Crippen molar-refractivity contribution < 1.29 is 10.2 Å². The van der Waals surface area contributed by atoms with E-state index in [1.54, 1.807) is 0 Å². The van der Waals surface area contributed by atoms with Crippen LogP contribution in [0.25, 0.3) is 0 Å². The second-order valence-corrected chi connectivity index (χ2v) is 5.34. The Morgan fingerprint density at radius 3 is 1.25 bits per heavy atom. The van der Waals surface area contributed by atoms with Gasteiger partial charge in [-0.05, 0) is 25.7 Å². The van der Waals surface area contributed by atoms with Crippen molar-refractivity contribution >= 4 is 0 Å². The minimum absolute atomic E-state index is 0.581. The van der Waals surface area contributed by atoms with Gasteiger partial charge in [0.05, 0.1) is 11.2 Å². The SMILES string of the molecule is OC1(/C=C/C=C/C2(O)CCCC2)CCCC1. The molecule has 90 valence electrons.